The Kier molecular flexibility index (Phi) is 13.1. The fraction of sp³-hybridized carbons (Fsp3) is 0.692. The van der Waals surface area contributed by atoms with Crippen molar-refractivity contribution in [2.24, 2.45) is 0 Å². The topological polar surface area (TPSA) is 26.0 Å². The first-order valence-corrected chi connectivity index (χ1v) is 6.93. The highest BCUT2D eigenvalue weighted by atomic mass is 32.1. The Morgan fingerprint density at radius 2 is 1.53 bits per heavy atom. The average molecular weight is 229 g/mol. The number of hydrogen-bond acceptors (Lipinski definition) is 2. The molecule has 0 fully saturated rings. The molecule has 0 radical (unpaired) electrons. The van der Waals surface area contributed by atoms with Crippen LogP contribution in [0.3, 0.4) is 0 Å². The van der Waals surface area contributed by atoms with Gasteiger partial charge in [0.25, 0.3) is 0 Å². The molecular formula is C13H27NS. The van der Waals surface area contributed by atoms with Gasteiger partial charge in [-0.05, 0) is 23.8 Å². The first-order valence-electron chi connectivity index (χ1n) is 6.05. The minimum atomic E-state index is 1.02. The molecule has 90 valence electrons. The summed E-state index contributed by atoms with van der Waals surface area (Å²) in [6.45, 7) is 12.5. The predicted octanol–water partition coefficient (Wildman–Crippen LogP) is 4.90. The normalized spacial score (nSPS) is 8.40. The minimum absolute atomic E-state index is 1.02. The first-order chi connectivity index (χ1) is 7.21. The molecule has 1 aromatic heterocycles. The van der Waals surface area contributed by atoms with E-state index in [-0.39, 0.29) is 0 Å². The van der Waals surface area contributed by atoms with Gasteiger partial charge in [-0.25, -0.2) is 0 Å². The highest BCUT2D eigenvalue weighted by molar-refractivity contribution is 7.10. The summed E-state index contributed by atoms with van der Waals surface area (Å²) in [6, 6.07) is 0. The third-order valence-electron chi connectivity index (χ3n) is 1.69. The molecule has 1 rings (SSSR count). The van der Waals surface area contributed by atoms with E-state index in [2.05, 4.69) is 33.1 Å². The third-order valence-corrected chi connectivity index (χ3v) is 2.89. The number of rotatable bonds is 2. The van der Waals surface area contributed by atoms with Crippen LogP contribution in [0.25, 0.3) is 0 Å². The quantitative estimate of drug-likeness (QED) is 0.767. The zero-order valence-corrected chi connectivity index (χ0v) is 12.0. The van der Waals surface area contributed by atoms with Gasteiger partial charge in [0.1, 0.15) is 0 Å². The van der Waals surface area contributed by atoms with Crippen molar-refractivity contribution in [1.29, 1.82) is 0 Å². The molecule has 2 N–H and O–H groups in total. The van der Waals surface area contributed by atoms with E-state index in [0.29, 0.717) is 0 Å². The molecule has 0 unspecified atom stereocenters. The van der Waals surface area contributed by atoms with Gasteiger partial charge < -0.3 is 5.73 Å². The van der Waals surface area contributed by atoms with Crippen LogP contribution < -0.4 is 5.73 Å². The Balaban J connectivity index is 0. The van der Waals surface area contributed by atoms with Crippen molar-refractivity contribution < 1.29 is 0 Å². The smallest absolute Gasteiger partial charge is 0.0487 e. The van der Waals surface area contributed by atoms with Crippen LogP contribution in [0.5, 0.6) is 0 Å². The first kappa shape index (κ1) is 16.9. The molecule has 0 saturated carbocycles. The monoisotopic (exact) mass is 229 g/mol. The lowest BCUT2D eigenvalue weighted by atomic mass is 10.2. The molecule has 2 heteroatoms. The van der Waals surface area contributed by atoms with Gasteiger partial charge in [-0.3, -0.25) is 0 Å². The summed E-state index contributed by atoms with van der Waals surface area (Å²) >= 11 is 1.78. The average Bonchev–Trinajstić information content (AvgIpc) is 2.63. The predicted molar refractivity (Wildman–Crippen MR) is 74.8 cm³/mol. The van der Waals surface area contributed by atoms with Gasteiger partial charge in [0.15, 0.2) is 0 Å². The van der Waals surface area contributed by atoms with Crippen molar-refractivity contribution in [3.8, 4) is 0 Å². The number of aryl methyl sites for hydroxylation is 2. The Hall–Kier alpha value is -0.500. The molecule has 0 amide bonds. The summed E-state index contributed by atoms with van der Waals surface area (Å²) in [7, 11) is 0. The molecule has 0 aromatic carbocycles. The summed E-state index contributed by atoms with van der Waals surface area (Å²) in [4.78, 5) is 1.33. The van der Waals surface area contributed by atoms with Crippen molar-refractivity contribution in [3.05, 3.63) is 15.8 Å². The van der Waals surface area contributed by atoms with Crippen LogP contribution in [0, 0.1) is 0 Å². The van der Waals surface area contributed by atoms with Gasteiger partial charge in [-0.15, -0.1) is 11.3 Å². The SMILES string of the molecule is CC.CCC.CCc1csc(CC)c1N. The Bertz CT molecular complexity index is 207. The summed E-state index contributed by atoms with van der Waals surface area (Å²) in [6.07, 6.45) is 3.37. The van der Waals surface area contributed by atoms with Crippen LogP contribution in [0.1, 0.15) is 58.4 Å². The van der Waals surface area contributed by atoms with Gasteiger partial charge >= 0.3 is 0 Å². The number of thiophene rings is 1. The minimum Gasteiger partial charge on any atom is -0.398 e. The summed E-state index contributed by atoms with van der Waals surface area (Å²) in [5, 5.41) is 2.16. The maximum atomic E-state index is 5.83. The Labute approximate surface area is 99.7 Å². The molecule has 1 heterocycles. The van der Waals surface area contributed by atoms with Gasteiger partial charge in [-0.1, -0.05) is 48.0 Å². The highest BCUT2D eigenvalue weighted by Crippen LogP contribution is 2.25. The lowest BCUT2D eigenvalue weighted by Crippen LogP contribution is -1.90. The standard InChI is InChI=1S/C8H13NS.C3H8.C2H6/c1-3-6-5-10-7(4-2)8(6)9;1-3-2;1-2/h5H,3-4,9H2,1-2H3;3H2,1-2H3;1-2H3. The second-order valence-corrected chi connectivity index (χ2v) is 3.98. The summed E-state index contributed by atoms with van der Waals surface area (Å²) < 4.78 is 0. The molecule has 0 aliphatic rings. The zero-order valence-electron chi connectivity index (χ0n) is 11.2. The maximum absolute atomic E-state index is 5.83. The Morgan fingerprint density at radius 1 is 1.07 bits per heavy atom. The summed E-state index contributed by atoms with van der Waals surface area (Å²) in [5.74, 6) is 0. The van der Waals surface area contributed by atoms with Crippen LogP contribution in [0.2, 0.25) is 0 Å². The van der Waals surface area contributed by atoms with Gasteiger partial charge in [0, 0.05) is 10.6 Å². The zero-order chi connectivity index (χ0) is 12.3. The van der Waals surface area contributed by atoms with Crippen LogP contribution in [0.15, 0.2) is 5.38 Å². The molecule has 0 aliphatic heterocycles. The van der Waals surface area contributed by atoms with Gasteiger partial charge in [0.2, 0.25) is 0 Å². The van der Waals surface area contributed by atoms with Crippen LogP contribution >= 0.6 is 11.3 Å². The number of anilines is 1. The van der Waals surface area contributed by atoms with E-state index in [1.807, 2.05) is 13.8 Å². The van der Waals surface area contributed by atoms with Crippen molar-refractivity contribution in [3.63, 3.8) is 0 Å². The van der Waals surface area contributed by atoms with Crippen molar-refractivity contribution in [1.82, 2.24) is 0 Å². The molecule has 1 aromatic rings. The van der Waals surface area contributed by atoms with Gasteiger partial charge in [-0.2, -0.15) is 0 Å². The molecule has 0 aliphatic carbocycles. The summed E-state index contributed by atoms with van der Waals surface area (Å²) in [5.41, 5.74) is 8.17. The molecule has 0 atom stereocenters. The van der Waals surface area contributed by atoms with E-state index in [1.54, 1.807) is 11.3 Å². The van der Waals surface area contributed by atoms with E-state index in [1.165, 1.54) is 16.9 Å². The highest BCUT2D eigenvalue weighted by Gasteiger charge is 2.03. The molecule has 0 bridgehead atoms. The van der Waals surface area contributed by atoms with Crippen molar-refractivity contribution in [2.45, 2.75) is 60.8 Å². The second kappa shape index (κ2) is 11.6. The van der Waals surface area contributed by atoms with E-state index >= 15 is 0 Å². The van der Waals surface area contributed by atoms with Crippen molar-refractivity contribution >= 4 is 17.0 Å². The second-order valence-electron chi connectivity index (χ2n) is 3.01. The fourth-order valence-electron chi connectivity index (χ4n) is 0.996. The lowest BCUT2D eigenvalue weighted by Gasteiger charge is -1.95. The van der Waals surface area contributed by atoms with E-state index in [4.69, 9.17) is 5.73 Å². The van der Waals surface area contributed by atoms with Crippen LogP contribution in [0.4, 0.5) is 5.69 Å². The van der Waals surface area contributed by atoms with Crippen LogP contribution in [-0.4, -0.2) is 0 Å². The van der Waals surface area contributed by atoms with E-state index < -0.39 is 0 Å². The molecular weight excluding hydrogens is 202 g/mol. The molecule has 0 spiro atoms. The number of nitrogen functional groups attached to an aromatic ring is 1. The van der Waals surface area contributed by atoms with E-state index in [0.717, 1.165) is 18.5 Å². The Morgan fingerprint density at radius 3 is 1.73 bits per heavy atom. The molecule has 1 nitrogen and oxygen atoms in total. The molecule has 0 saturated heterocycles. The van der Waals surface area contributed by atoms with Gasteiger partial charge in [0.05, 0.1) is 0 Å². The number of nitrogens with two attached hydrogens (primary N) is 1. The fourth-order valence-corrected chi connectivity index (χ4v) is 2.00. The van der Waals surface area contributed by atoms with Crippen LogP contribution in [-0.2, 0) is 12.8 Å². The third kappa shape index (κ3) is 6.56. The number of hydrogen-bond donors (Lipinski definition) is 1. The lowest BCUT2D eigenvalue weighted by molar-refractivity contribution is 1.09. The maximum Gasteiger partial charge on any atom is 0.0487 e. The molecule has 15 heavy (non-hydrogen) atoms. The van der Waals surface area contributed by atoms with E-state index in [9.17, 15) is 0 Å². The largest absolute Gasteiger partial charge is 0.398 e. The van der Waals surface area contributed by atoms with Crippen molar-refractivity contribution in [2.75, 3.05) is 5.73 Å².